The molecule has 80 valence electrons. The molecule has 15 heavy (non-hydrogen) atoms. The Kier molecular flexibility index (Phi) is 2.78. The second-order valence-electron chi connectivity index (χ2n) is 3.79. The maximum absolute atomic E-state index is 10.6. The largest absolute Gasteiger partial charge is 0.377 e. The molecule has 0 saturated carbocycles. The molecule has 1 aromatic carbocycles. The van der Waals surface area contributed by atoms with Crippen molar-refractivity contribution >= 4 is 17.9 Å². The number of halogens is 1. The number of hydrogen-bond acceptors (Lipinski definition) is 3. The third-order valence-electron chi connectivity index (χ3n) is 2.66. The molecule has 3 nitrogen and oxygen atoms in total. The molecule has 2 N–H and O–H groups in total. The monoisotopic (exact) mass is 225 g/mol. The molecule has 1 fully saturated rings. The van der Waals surface area contributed by atoms with E-state index in [1.54, 1.807) is 6.07 Å². The number of carbonyl (C=O) groups is 1. The summed E-state index contributed by atoms with van der Waals surface area (Å²) in [5, 5.41) is 0.594. The Balaban J connectivity index is 2.45. The van der Waals surface area contributed by atoms with Gasteiger partial charge in [0.25, 0.3) is 0 Å². The van der Waals surface area contributed by atoms with Crippen LogP contribution < -0.4 is 5.73 Å². The topological polar surface area (TPSA) is 52.3 Å². The zero-order chi connectivity index (χ0) is 10.9. The molecule has 1 aliphatic heterocycles. The van der Waals surface area contributed by atoms with Crippen LogP contribution in [0.3, 0.4) is 0 Å². The van der Waals surface area contributed by atoms with Crippen LogP contribution in [0.1, 0.15) is 11.1 Å². The van der Waals surface area contributed by atoms with Gasteiger partial charge in [0.15, 0.2) is 0 Å². The highest BCUT2D eigenvalue weighted by Gasteiger charge is 2.37. The first kappa shape index (κ1) is 10.6. The number of benzene rings is 1. The van der Waals surface area contributed by atoms with E-state index in [1.165, 1.54) is 0 Å². The average molecular weight is 226 g/mol. The molecule has 0 amide bonds. The van der Waals surface area contributed by atoms with Crippen molar-refractivity contribution in [1.29, 1.82) is 0 Å². The second kappa shape index (κ2) is 3.93. The predicted octanol–water partition coefficient (Wildman–Crippen LogP) is 1.27. The second-order valence-corrected chi connectivity index (χ2v) is 4.19. The third kappa shape index (κ3) is 1.78. The van der Waals surface area contributed by atoms with Crippen LogP contribution in [-0.2, 0) is 21.5 Å². The molecule has 1 aliphatic rings. The fourth-order valence-electron chi connectivity index (χ4n) is 1.79. The molecule has 1 saturated heterocycles. The summed E-state index contributed by atoms with van der Waals surface area (Å²) in [6, 6.07) is 5.53. The summed E-state index contributed by atoms with van der Waals surface area (Å²) >= 11 is 6.04. The highest BCUT2D eigenvalue weighted by atomic mass is 35.5. The van der Waals surface area contributed by atoms with E-state index in [1.807, 2.05) is 12.1 Å². The van der Waals surface area contributed by atoms with Crippen LogP contribution in [0, 0.1) is 0 Å². The summed E-state index contributed by atoms with van der Waals surface area (Å²) in [6.45, 7) is 0.971. The molecule has 1 aromatic rings. The molecule has 0 aliphatic carbocycles. The maximum atomic E-state index is 10.6. The Morgan fingerprint density at radius 2 is 2.27 bits per heavy atom. The standard InChI is InChI=1S/C11H12ClNO2/c12-10-3-1-2-9(8(10)4-5-14)11(13)6-15-7-11/h1-3,5H,4,6-7,13H2. The normalized spacial score (nSPS) is 18.3. The van der Waals surface area contributed by atoms with Crippen molar-refractivity contribution < 1.29 is 9.53 Å². The lowest BCUT2D eigenvalue weighted by Crippen LogP contribution is -2.54. The highest BCUT2D eigenvalue weighted by molar-refractivity contribution is 6.31. The van der Waals surface area contributed by atoms with Crippen molar-refractivity contribution in [3.05, 3.63) is 34.3 Å². The van der Waals surface area contributed by atoms with Gasteiger partial charge in [0, 0.05) is 11.4 Å². The number of nitrogens with two attached hydrogens (primary N) is 1. The van der Waals surface area contributed by atoms with Gasteiger partial charge in [-0.2, -0.15) is 0 Å². The quantitative estimate of drug-likeness (QED) is 0.789. The van der Waals surface area contributed by atoms with Gasteiger partial charge in [-0.3, -0.25) is 0 Å². The molecule has 0 atom stereocenters. The minimum atomic E-state index is -0.469. The summed E-state index contributed by atoms with van der Waals surface area (Å²) in [6.07, 6.45) is 1.14. The molecule has 0 radical (unpaired) electrons. The number of rotatable bonds is 3. The fraction of sp³-hybridized carbons (Fsp3) is 0.364. The SMILES string of the molecule is NC1(c2cccc(Cl)c2CC=O)COC1. The smallest absolute Gasteiger partial charge is 0.124 e. The van der Waals surface area contributed by atoms with Gasteiger partial charge in [-0.05, 0) is 17.2 Å². The van der Waals surface area contributed by atoms with Gasteiger partial charge in [0.1, 0.15) is 6.29 Å². The van der Waals surface area contributed by atoms with Gasteiger partial charge in [0.2, 0.25) is 0 Å². The van der Waals surface area contributed by atoms with Gasteiger partial charge >= 0.3 is 0 Å². The zero-order valence-corrected chi connectivity index (χ0v) is 8.96. The van der Waals surface area contributed by atoms with Crippen molar-refractivity contribution in [2.45, 2.75) is 12.0 Å². The van der Waals surface area contributed by atoms with Crippen LogP contribution in [0.5, 0.6) is 0 Å². The lowest BCUT2D eigenvalue weighted by atomic mass is 9.85. The van der Waals surface area contributed by atoms with Gasteiger partial charge in [0.05, 0.1) is 18.8 Å². The van der Waals surface area contributed by atoms with Crippen LogP contribution in [0.2, 0.25) is 5.02 Å². The van der Waals surface area contributed by atoms with Gasteiger partial charge < -0.3 is 15.3 Å². The van der Waals surface area contributed by atoms with E-state index in [-0.39, 0.29) is 0 Å². The van der Waals surface area contributed by atoms with Crippen LogP contribution in [0.15, 0.2) is 18.2 Å². The lowest BCUT2D eigenvalue weighted by molar-refractivity contribution is -0.107. The number of ether oxygens (including phenoxy) is 1. The van der Waals surface area contributed by atoms with E-state index in [2.05, 4.69) is 0 Å². The minimum absolute atomic E-state index is 0.300. The highest BCUT2D eigenvalue weighted by Crippen LogP contribution is 2.32. The van der Waals surface area contributed by atoms with Crippen molar-refractivity contribution in [3.8, 4) is 0 Å². The number of hydrogen-bond donors (Lipinski definition) is 1. The average Bonchev–Trinajstić information content (AvgIpc) is 2.18. The van der Waals surface area contributed by atoms with Gasteiger partial charge in [-0.25, -0.2) is 0 Å². The molecule has 1 heterocycles. The van der Waals surface area contributed by atoms with Crippen LogP contribution in [0.25, 0.3) is 0 Å². The van der Waals surface area contributed by atoms with E-state index >= 15 is 0 Å². The van der Waals surface area contributed by atoms with E-state index in [0.29, 0.717) is 24.7 Å². The predicted molar refractivity (Wildman–Crippen MR) is 57.9 cm³/mol. The molecular formula is C11H12ClNO2. The van der Waals surface area contributed by atoms with E-state index in [0.717, 1.165) is 17.4 Å². The minimum Gasteiger partial charge on any atom is -0.377 e. The van der Waals surface area contributed by atoms with Gasteiger partial charge in [-0.1, -0.05) is 23.7 Å². The Bertz CT molecular complexity index is 388. The Morgan fingerprint density at radius 1 is 1.53 bits per heavy atom. The summed E-state index contributed by atoms with van der Waals surface area (Å²) in [4.78, 5) is 10.6. The first-order valence-corrected chi connectivity index (χ1v) is 5.13. The van der Waals surface area contributed by atoms with Crippen molar-refractivity contribution in [2.24, 2.45) is 5.73 Å². The molecule has 0 bridgehead atoms. The Hall–Kier alpha value is -0.900. The summed E-state index contributed by atoms with van der Waals surface area (Å²) in [5.41, 5.74) is 7.40. The fourth-order valence-corrected chi connectivity index (χ4v) is 2.05. The maximum Gasteiger partial charge on any atom is 0.124 e. The first-order chi connectivity index (χ1) is 7.17. The number of carbonyl (C=O) groups excluding carboxylic acids is 1. The zero-order valence-electron chi connectivity index (χ0n) is 8.20. The molecular weight excluding hydrogens is 214 g/mol. The summed E-state index contributed by atoms with van der Waals surface area (Å²) in [5.74, 6) is 0. The third-order valence-corrected chi connectivity index (χ3v) is 3.02. The molecule has 4 heteroatoms. The van der Waals surface area contributed by atoms with Crippen LogP contribution in [0.4, 0.5) is 0 Å². The van der Waals surface area contributed by atoms with Crippen LogP contribution >= 0.6 is 11.6 Å². The molecule has 0 unspecified atom stereocenters. The molecule has 0 spiro atoms. The Labute approximate surface area is 93.2 Å². The van der Waals surface area contributed by atoms with E-state index < -0.39 is 5.54 Å². The van der Waals surface area contributed by atoms with Gasteiger partial charge in [-0.15, -0.1) is 0 Å². The number of aldehydes is 1. The van der Waals surface area contributed by atoms with E-state index in [9.17, 15) is 4.79 Å². The van der Waals surface area contributed by atoms with E-state index in [4.69, 9.17) is 22.1 Å². The lowest BCUT2D eigenvalue weighted by Gasteiger charge is -2.39. The summed E-state index contributed by atoms with van der Waals surface area (Å²) in [7, 11) is 0. The van der Waals surface area contributed by atoms with Crippen molar-refractivity contribution in [2.75, 3.05) is 13.2 Å². The first-order valence-electron chi connectivity index (χ1n) is 4.75. The Morgan fingerprint density at radius 3 is 2.80 bits per heavy atom. The van der Waals surface area contributed by atoms with Crippen molar-refractivity contribution in [1.82, 2.24) is 0 Å². The summed E-state index contributed by atoms with van der Waals surface area (Å²) < 4.78 is 5.11. The molecule has 2 rings (SSSR count). The van der Waals surface area contributed by atoms with Crippen molar-refractivity contribution in [3.63, 3.8) is 0 Å². The molecule has 0 aromatic heterocycles. The van der Waals surface area contributed by atoms with Crippen LogP contribution in [-0.4, -0.2) is 19.5 Å².